The number of hydrogen-bond acceptors (Lipinski definition) is 5. The predicted molar refractivity (Wildman–Crippen MR) is 91.5 cm³/mol. The molecule has 1 aromatic rings. The van der Waals surface area contributed by atoms with Crippen LogP contribution in [-0.2, 0) is 0 Å². The van der Waals surface area contributed by atoms with E-state index < -0.39 is 0 Å². The third-order valence-corrected chi connectivity index (χ3v) is 4.43. The number of aliphatic imine (C=N–C) groups is 1. The Morgan fingerprint density at radius 2 is 2.00 bits per heavy atom. The molecule has 1 aromatic carbocycles. The van der Waals surface area contributed by atoms with E-state index >= 15 is 0 Å². The van der Waals surface area contributed by atoms with Gasteiger partial charge in [-0.1, -0.05) is 23.4 Å². The predicted octanol–water partition coefficient (Wildman–Crippen LogP) is 2.54. The van der Waals surface area contributed by atoms with E-state index in [1.54, 1.807) is 0 Å². The van der Waals surface area contributed by atoms with Gasteiger partial charge in [-0.2, -0.15) is 5.26 Å². The number of nitriles is 1. The SMILES string of the molecule is CS/C(=N\C#N)N1CCN(CCOc2ccc(Cl)cc2)CC1. The fourth-order valence-corrected chi connectivity index (χ4v) is 2.97. The lowest BCUT2D eigenvalue weighted by atomic mass is 10.3. The van der Waals surface area contributed by atoms with Gasteiger partial charge in [-0.15, -0.1) is 4.99 Å². The third-order valence-electron chi connectivity index (χ3n) is 3.46. The van der Waals surface area contributed by atoms with Crippen LogP contribution in [0.5, 0.6) is 5.75 Å². The molecule has 0 radical (unpaired) electrons. The molecule has 1 aliphatic rings. The number of rotatable bonds is 4. The summed E-state index contributed by atoms with van der Waals surface area (Å²) in [6.45, 7) is 5.23. The summed E-state index contributed by atoms with van der Waals surface area (Å²) in [6, 6.07) is 7.41. The van der Waals surface area contributed by atoms with Crippen molar-refractivity contribution < 1.29 is 4.74 Å². The van der Waals surface area contributed by atoms with Crippen molar-refractivity contribution in [1.29, 1.82) is 5.26 Å². The largest absolute Gasteiger partial charge is 0.492 e. The lowest BCUT2D eigenvalue weighted by Crippen LogP contribution is -2.48. The van der Waals surface area contributed by atoms with E-state index in [0.29, 0.717) is 11.6 Å². The highest BCUT2D eigenvalue weighted by Crippen LogP contribution is 2.15. The number of benzene rings is 1. The zero-order chi connectivity index (χ0) is 15.8. The Hall–Kier alpha value is -1.42. The Morgan fingerprint density at radius 3 is 2.59 bits per heavy atom. The monoisotopic (exact) mass is 338 g/mol. The molecule has 0 unspecified atom stereocenters. The van der Waals surface area contributed by atoms with E-state index in [9.17, 15) is 0 Å². The fourth-order valence-electron chi connectivity index (χ4n) is 2.27. The Labute approximate surface area is 140 Å². The molecule has 0 saturated carbocycles. The molecule has 118 valence electrons. The topological polar surface area (TPSA) is 51.9 Å². The summed E-state index contributed by atoms with van der Waals surface area (Å²) in [5, 5.41) is 10.2. The van der Waals surface area contributed by atoms with Crippen LogP contribution < -0.4 is 4.74 Å². The maximum Gasteiger partial charge on any atom is 0.208 e. The zero-order valence-corrected chi connectivity index (χ0v) is 14.1. The van der Waals surface area contributed by atoms with Crippen LogP contribution in [0, 0.1) is 11.5 Å². The van der Waals surface area contributed by atoms with Crippen LogP contribution in [0.1, 0.15) is 0 Å². The summed E-state index contributed by atoms with van der Waals surface area (Å²) in [5.74, 6) is 0.842. The van der Waals surface area contributed by atoms with Gasteiger partial charge in [-0.3, -0.25) is 4.90 Å². The summed E-state index contributed by atoms with van der Waals surface area (Å²) in [4.78, 5) is 8.37. The van der Waals surface area contributed by atoms with Crippen LogP contribution in [0.2, 0.25) is 5.02 Å². The molecule has 1 fully saturated rings. The first-order valence-electron chi connectivity index (χ1n) is 7.09. The van der Waals surface area contributed by atoms with Crippen LogP contribution in [0.25, 0.3) is 0 Å². The number of halogens is 1. The van der Waals surface area contributed by atoms with Gasteiger partial charge in [0.05, 0.1) is 0 Å². The molecule has 0 aliphatic carbocycles. The average molecular weight is 339 g/mol. The third kappa shape index (κ3) is 5.09. The first-order chi connectivity index (χ1) is 10.7. The van der Waals surface area contributed by atoms with Gasteiger partial charge in [0.1, 0.15) is 12.4 Å². The molecule has 0 spiro atoms. The number of hydrogen-bond donors (Lipinski definition) is 0. The molecule has 0 N–H and O–H groups in total. The molecule has 0 aromatic heterocycles. The number of thioether (sulfide) groups is 1. The molecule has 5 nitrogen and oxygen atoms in total. The van der Waals surface area contributed by atoms with Gasteiger partial charge in [0.25, 0.3) is 0 Å². The van der Waals surface area contributed by atoms with Gasteiger partial charge in [0.15, 0.2) is 5.17 Å². The standard InChI is InChI=1S/C15H19ClN4OS/c1-22-15(18-12-17)20-8-6-19(7-9-20)10-11-21-14-4-2-13(16)3-5-14/h2-5H,6-11H2,1H3/b18-15-. The second-order valence-corrected chi connectivity index (χ2v) is 6.04. The maximum absolute atomic E-state index is 8.68. The van der Waals surface area contributed by atoms with Crippen molar-refractivity contribution in [3.05, 3.63) is 29.3 Å². The van der Waals surface area contributed by atoms with Crippen molar-refractivity contribution in [2.45, 2.75) is 0 Å². The second kappa shape index (κ2) is 8.89. The summed E-state index contributed by atoms with van der Waals surface area (Å²) in [7, 11) is 0. The first kappa shape index (κ1) is 16.9. The second-order valence-electron chi connectivity index (χ2n) is 4.83. The van der Waals surface area contributed by atoms with Crippen LogP contribution in [0.3, 0.4) is 0 Å². The van der Waals surface area contributed by atoms with E-state index in [1.807, 2.05) is 36.7 Å². The van der Waals surface area contributed by atoms with Crippen LogP contribution >= 0.6 is 23.4 Å². The fraction of sp³-hybridized carbons (Fsp3) is 0.467. The molecule has 1 saturated heterocycles. The smallest absolute Gasteiger partial charge is 0.208 e. The van der Waals surface area contributed by atoms with Gasteiger partial charge in [0.2, 0.25) is 6.19 Å². The first-order valence-corrected chi connectivity index (χ1v) is 8.69. The molecular formula is C15H19ClN4OS. The lowest BCUT2D eigenvalue weighted by molar-refractivity contribution is 0.155. The van der Waals surface area contributed by atoms with E-state index in [4.69, 9.17) is 21.6 Å². The van der Waals surface area contributed by atoms with Gasteiger partial charge in [-0.25, -0.2) is 0 Å². The van der Waals surface area contributed by atoms with Crippen LogP contribution in [0.15, 0.2) is 29.3 Å². The Kier molecular flexibility index (Phi) is 6.84. The molecule has 2 rings (SSSR count). The van der Waals surface area contributed by atoms with Crippen molar-refractivity contribution in [2.75, 3.05) is 45.6 Å². The Morgan fingerprint density at radius 1 is 1.32 bits per heavy atom. The van der Waals surface area contributed by atoms with Crippen molar-refractivity contribution in [1.82, 2.24) is 9.80 Å². The van der Waals surface area contributed by atoms with E-state index in [-0.39, 0.29) is 0 Å². The van der Waals surface area contributed by atoms with Gasteiger partial charge < -0.3 is 9.64 Å². The van der Waals surface area contributed by atoms with Crippen molar-refractivity contribution in [3.8, 4) is 11.9 Å². The van der Waals surface area contributed by atoms with E-state index in [0.717, 1.165) is 43.6 Å². The molecule has 1 aliphatic heterocycles. The molecule has 0 bridgehead atoms. The van der Waals surface area contributed by atoms with Crippen molar-refractivity contribution in [3.63, 3.8) is 0 Å². The minimum absolute atomic E-state index is 0.656. The molecule has 22 heavy (non-hydrogen) atoms. The molecule has 1 heterocycles. The average Bonchev–Trinajstić information content (AvgIpc) is 2.55. The zero-order valence-electron chi connectivity index (χ0n) is 12.5. The van der Waals surface area contributed by atoms with E-state index in [2.05, 4.69) is 14.8 Å². The van der Waals surface area contributed by atoms with Gasteiger partial charge in [0, 0.05) is 37.7 Å². The number of piperazine rings is 1. The van der Waals surface area contributed by atoms with Gasteiger partial charge in [-0.05, 0) is 30.5 Å². The van der Waals surface area contributed by atoms with Crippen LogP contribution in [-0.4, -0.2) is 60.6 Å². The number of ether oxygens (including phenoxy) is 1. The minimum Gasteiger partial charge on any atom is -0.492 e. The molecular weight excluding hydrogens is 320 g/mol. The highest BCUT2D eigenvalue weighted by molar-refractivity contribution is 8.13. The number of amidine groups is 1. The van der Waals surface area contributed by atoms with Crippen molar-refractivity contribution >= 4 is 28.5 Å². The quantitative estimate of drug-likeness (QED) is 0.480. The highest BCUT2D eigenvalue weighted by Gasteiger charge is 2.19. The minimum atomic E-state index is 0.656. The summed E-state index contributed by atoms with van der Waals surface area (Å²) >= 11 is 7.36. The molecule has 7 heteroatoms. The Bertz CT molecular complexity index is 535. The summed E-state index contributed by atoms with van der Waals surface area (Å²) in [6.07, 6.45) is 3.81. The molecule has 0 atom stereocenters. The van der Waals surface area contributed by atoms with Crippen LogP contribution in [0.4, 0.5) is 0 Å². The molecule has 0 amide bonds. The highest BCUT2D eigenvalue weighted by atomic mass is 35.5. The number of nitrogens with zero attached hydrogens (tertiary/aromatic N) is 4. The van der Waals surface area contributed by atoms with Crippen molar-refractivity contribution in [2.24, 2.45) is 4.99 Å². The normalized spacial score (nSPS) is 16.4. The summed E-state index contributed by atoms with van der Waals surface area (Å²) < 4.78 is 5.71. The maximum atomic E-state index is 8.68. The summed E-state index contributed by atoms with van der Waals surface area (Å²) in [5.41, 5.74) is 0. The lowest BCUT2D eigenvalue weighted by Gasteiger charge is -2.35. The Balaban J connectivity index is 1.70. The van der Waals surface area contributed by atoms with Gasteiger partial charge >= 0.3 is 0 Å². The van der Waals surface area contributed by atoms with E-state index in [1.165, 1.54) is 11.8 Å².